The minimum atomic E-state index is -0.165. The topological polar surface area (TPSA) is 70.5 Å². The fourth-order valence-electron chi connectivity index (χ4n) is 3.75. The summed E-state index contributed by atoms with van der Waals surface area (Å²) in [4.78, 5) is 0. The third-order valence-electron chi connectivity index (χ3n) is 4.87. The molecule has 0 saturated heterocycles. The van der Waals surface area contributed by atoms with Gasteiger partial charge in [-0.15, -0.1) is 0 Å². The molecule has 2 aromatic rings. The van der Waals surface area contributed by atoms with Crippen molar-refractivity contribution >= 4 is 11.4 Å². The molecule has 1 aliphatic rings. The van der Waals surface area contributed by atoms with Gasteiger partial charge in [-0.05, 0) is 59.4 Å². The Labute approximate surface area is 137 Å². The molecule has 0 fully saturated rings. The van der Waals surface area contributed by atoms with Gasteiger partial charge in [-0.2, -0.15) is 0 Å². The van der Waals surface area contributed by atoms with E-state index in [1.807, 2.05) is 12.1 Å². The molecular weight excluding hydrogens is 288 g/mol. The largest absolute Gasteiger partial charge is 0.399 e. The zero-order valence-corrected chi connectivity index (χ0v) is 13.8. The van der Waals surface area contributed by atoms with Gasteiger partial charge in [0.25, 0.3) is 0 Å². The molecule has 0 aromatic heterocycles. The minimum Gasteiger partial charge on any atom is -0.399 e. The van der Waals surface area contributed by atoms with Crippen LogP contribution in [0.4, 0.5) is 11.4 Å². The minimum absolute atomic E-state index is 0.165. The molecular formula is C19H24N2O2. The Balaban J connectivity index is 2.23. The number of hydrogen-bond acceptors (Lipinski definition) is 4. The van der Waals surface area contributed by atoms with Crippen LogP contribution in [0.25, 0.3) is 11.1 Å². The van der Waals surface area contributed by atoms with Crippen LogP contribution in [-0.2, 0) is 14.9 Å². The summed E-state index contributed by atoms with van der Waals surface area (Å²) < 4.78 is 10.8. The zero-order chi connectivity index (χ0) is 16.4. The first-order valence-corrected chi connectivity index (χ1v) is 7.90. The Kier molecular flexibility index (Phi) is 4.28. The zero-order valence-electron chi connectivity index (χ0n) is 13.8. The van der Waals surface area contributed by atoms with E-state index in [1.165, 1.54) is 22.3 Å². The van der Waals surface area contributed by atoms with Crippen LogP contribution in [0, 0.1) is 0 Å². The van der Waals surface area contributed by atoms with Crippen molar-refractivity contribution in [3.05, 3.63) is 47.5 Å². The normalized spacial score (nSPS) is 14.5. The number of rotatable bonds is 6. The second-order valence-corrected chi connectivity index (χ2v) is 6.18. The maximum Gasteiger partial charge on any atom is 0.0474 e. The van der Waals surface area contributed by atoms with E-state index in [4.69, 9.17) is 20.9 Å². The van der Waals surface area contributed by atoms with Gasteiger partial charge in [0.2, 0.25) is 0 Å². The number of hydrogen-bond donors (Lipinski definition) is 2. The van der Waals surface area contributed by atoms with Gasteiger partial charge in [-0.3, -0.25) is 0 Å². The summed E-state index contributed by atoms with van der Waals surface area (Å²) in [5.41, 5.74) is 18.6. The monoisotopic (exact) mass is 312 g/mol. The Morgan fingerprint density at radius 1 is 0.783 bits per heavy atom. The van der Waals surface area contributed by atoms with Crippen molar-refractivity contribution in [2.24, 2.45) is 0 Å². The predicted octanol–water partition coefficient (Wildman–Crippen LogP) is 3.19. The van der Waals surface area contributed by atoms with Crippen molar-refractivity contribution in [3.8, 4) is 11.1 Å². The molecule has 3 rings (SSSR count). The third kappa shape index (κ3) is 2.58. The van der Waals surface area contributed by atoms with E-state index >= 15 is 0 Å². The maximum absolute atomic E-state index is 6.09. The van der Waals surface area contributed by atoms with Gasteiger partial charge in [0, 0.05) is 44.2 Å². The first kappa shape index (κ1) is 15.8. The highest BCUT2D eigenvalue weighted by atomic mass is 16.5. The van der Waals surface area contributed by atoms with E-state index in [0.717, 1.165) is 24.2 Å². The Morgan fingerprint density at radius 2 is 1.22 bits per heavy atom. The lowest BCUT2D eigenvalue weighted by Gasteiger charge is -2.32. The van der Waals surface area contributed by atoms with Gasteiger partial charge in [0.1, 0.15) is 0 Å². The van der Waals surface area contributed by atoms with Gasteiger partial charge in [0.05, 0.1) is 0 Å². The van der Waals surface area contributed by atoms with Crippen LogP contribution in [0.1, 0.15) is 24.0 Å². The van der Waals surface area contributed by atoms with Crippen LogP contribution in [-0.4, -0.2) is 27.4 Å². The summed E-state index contributed by atoms with van der Waals surface area (Å²) in [6, 6.07) is 12.3. The summed E-state index contributed by atoms with van der Waals surface area (Å²) in [7, 11) is 3.47. The van der Waals surface area contributed by atoms with Gasteiger partial charge in [0.15, 0.2) is 0 Å². The summed E-state index contributed by atoms with van der Waals surface area (Å²) in [6.07, 6.45) is 1.75. The van der Waals surface area contributed by atoms with Gasteiger partial charge in [-0.25, -0.2) is 0 Å². The van der Waals surface area contributed by atoms with E-state index in [1.54, 1.807) is 14.2 Å². The van der Waals surface area contributed by atoms with Crippen LogP contribution in [0.5, 0.6) is 0 Å². The summed E-state index contributed by atoms with van der Waals surface area (Å²) in [6.45, 7) is 1.35. The molecule has 0 aliphatic heterocycles. The second-order valence-electron chi connectivity index (χ2n) is 6.18. The fraction of sp³-hybridized carbons (Fsp3) is 0.368. The molecule has 4 heteroatoms. The van der Waals surface area contributed by atoms with Gasteiger partial charge >= 0.3 is 0 Å². The first-order valence-electron chi connectivity index (χ1n) is 7.90. The van der Waals surface area contributed by atoms with Gasteiger partial charge in [-0.1, -0.05) is 12.1 Å². The van der Waals surface area contributed by atoms with Gasteiger partial charge < -0.3 is 20.9 Å². The molecule has 0 heterocycles. The van der Waals surface area contributed by atoms with Crippen LogP contribution in [0.2, 0.25) is 0 Å². The van der Waals surface area contributed by atoms with Crippen molar-refractivity contribution in [1.82, 2.24) is 0 Å². The highest BCUT2D eigenvalue weighted by Crippen LogP contribution is 2.53. The number of nitrogens with two attached hydrogens (primary N) is 2. The highest BCUT2D eigenvalue weighted by Gasteiger charge is 2.42. The van der Waals surface area contributed by atoms with E-state index < -0.39 is 0 Å². The lowest BCUT2D eigenvalue weighted by molar-refractivity contribution is 0.145. The van der Waals surface area contributed by atoms with E-state index in [-0.39, 0.29) is 5.41 Å². The number of fused-ring (bicyclic) bond motifs is 3. The predicted molar refractivity (Wildman–Crippen MR) is 94.5 cm³/mol. The summed E-state index contributed by atoms with van der Waals surface area (Å²) in [5.74, 6) is 0. The standard InChI is InChI=1S/C19H24N2O2/c1-22-9-7-19(8-10-23-2)17-11-13(20)3-5-15(17)16-6-4-14(21)12-18(16)19/h3-6,11-12H,7-10,20-21H2,1-2H3. The molecule has 0 saturated carbocycles. The number of methoxy groups -OCH3 is 2. The van der Waals surface area contributed by atoms with Crippen molar-refractivity contribution in [3.63, 3.8) is 0 Å². The molecule has 0 spiro atoms. The average molecular weight is 312 g/mol. The third-order valence-corrected chi connectivity index (χ3v) is 4.87. The van der Waals surface area contributed by atoms with Crippen LogP contribution >= 0.6 is 0 Å². The Bertz CT molecular complexity index is 651. The lowest BCUT2D eigenvalue weighted by Crippen LogP contribution is -2.29. The van der Waals surface area contributed by atoms with E-state index in [0.29, 0.717) is 13.2 Å². The maximum atomic E-state index is 6.09. The molecule has 0 amide bonds. The summed E-state index contributed by atoms with van der Waals surface area (Å²) >= 11 is 0. The SMILES string of the molecule is COCCC1(CCOC)c2cc(N)ccc2-c2ccc(N)cc21. The number of benzene rings is 2. The summed E-state index contributed by atoms with van der Waals surface area (Å²) in [5, 5.41) is 0. The molecule has 122 valence electrons. The Morgan fingerprint density at radius 3 is 1.61 bits per heavy atom. The second kappa shape index (κ2) is 6.22. The molecule has 4 nitrogen and oxygen atoms in total. The molecule has 0 radical (unpaired) electrons. The van der Waals surface area contributed by atoms with E-state index in [9.17, 15) is 0 Å². The lowest BCUT2D eigenvalue weighted by atomic mass is 9.73. The molecule has 0 unspecified atom stereocenters. The molecule has 23 heavy (non-hydrogen) atoms. The molecule has 0 atom stereocenters. The molecule has 4 N–H and O–H groups in total. The van der Waals surface area contributed by atoms with Crippen molar-refractivity contribution in [2.75, 3.05) is 38.9 Å². The fourth-order valence-corrected chi connectivity index (χ4v) is 3.75. The smallest absolute Gasteiger partial charge is 0.0474 e. The van der Waals surface area contributed by atoms with Crippen molar-refractivity contribution in [2.45, 2.75) is 18.3 Å². The van der Waals surface area contributed by atoms with Crippen LogP contribution < -0.4 is 11.5 Å². The highest BCUT2D eigenvalue weighted by molar-refractivity contribution is 5.83. The molecule has 0 bridgehead atoms. The average Bonchev–Trinajstić information content (AvgIpc) is 2.80. The molecule has 2 aromatic carbocycles. The van der Waals surface area contributed by atoms with Crippen molar-refractivity contribution < 1.29 is 9.47 Å². The van der Waals surface area contributed by atoms with Crippen LogP contribution in [0.15, 0.2) is 36.4 Å². The van der Waals surface area contributed by atoms with Crippen molar-refractivity contribution in [1.29, 1.82) is 0 Å². The van der Waals surface area contributed by atoms with Crippen LogP contribution in [0.3, 0.4) is 0 Å². The first-order chi connectivity index (χ1) is 11.1. The number of ether oxygens (including phenoxy) is 2. The van der Waals surface area contributed by atoms with E-state index in [2.05, 4.69) is 24.3 Å². The number of nitrogen functional groups attached to an aromatic ring is 2. The Hall–Kier alpha value is -2.04. The number of anilines is 2. The quantitative estimate of drug-likeness (QED) is 0.804. The molecule has 1 aliphatic carbocycles.